The Morgan fingerprint density at radius 1 is 1.35 bits per heavy atom. The van der Waals surface area contributed by atoms with E-state index in [4.69, 9.17) is 21.4 Å². The molecule has 17 heavy (non-hydrogen) atoms. The molecule has 0 atom stereocenters. The predicted molar refractivity (Wildman–Crippen MR) is 63.8 cm³/mol. The number of halogens is 1. The van der Waals surface area contributed by atoms with Gasteiger partial charge in [-0.15, -0.1) is 0 Å². The van der Waals surface area contributed by atoms with Gasteiger partial charge in [0.1, 0.15) is 5.75 Å². The first-order valence-electron chi connectivity index (χ1n) is 4.97. The van der Waals surface area contributed by atoms with Gasteiger partial charge in [-0.05, 0) is 39.0 Å². The lowest BCUT2D eigenvalue weighted by atomic mass is 10.1. The van der Waals surface area contributed by atoms with Crippen molar-refractivity contribution >= 4 is 23.4 Å². The molecule has 1 aromatic carbocycles. The van der Waals surface area contributed by atoms with E-state index in [1.165, 1.54) is 32.9 Å². The molecule has 1 N–H and O–H groups in total. The van der Waals surface area contributed by atoms with Crippen molar-refractivity contribution in [2.45, 2.75) is 26.4 Å². The van der Waals surface area contributed by atoms with E-state index in [-0.39, 0.29) is 16.6 Å². The zero-order chi connectivity index (χ0) is 13.2. The van der Waals surface area contributed by atoms with Gasteiger partial charge >= 0.3 is 5.97 Å². The van der Waals surface area contributed by atoms with Crippen LogP contribution in [0.1, 0.15) is 31.1 Å². The van der Waals surface area contributed by atoms with Crippen molar-refractivity contribution in [3.63, 3.8) is 0 Å². The molecule has 0 radical (unpaired) electrons. The fourth-order valence-electron chi connectivity index (χ4n) is 1.12. The van der Waals surface area contributed by atoms with Gasteiger partial charge in [-0.3, -0.25) is 4.79 Å². The van der Waals surface area contributed by atoms with Crippen molar-refractivity contribution in [3.05, 3.63) is 28.8 Å². The van der Waals surface area contributed by atoms with Crippen LogP contribution in [0.4, 0.5) is 0 Å². The van der Waals surface area contributed by atoms with E-state index in [2.05, 4.69) is 0 Å². The van der Waals surface area contributed by atoms with E-state index in [0.717, 1.165) is 0 Å². The molecule has 4 nitrogen and oxygen atoms in total. The number of carbonyl (C=O) groups excluding carboxylic acids is 1. The Kier molecular flexibility index (Phi) is 3.78. The SMILES string of the molecule is CC(=O)c1ccc(OC(C)(C)C(=O)O)c(Cl)c1. The Morgan fingerprint density at radius 2 is 1.94 bits per heavy atom. The summed E-state index contributed by atoms with van der Waals surface area (Å²) < 4.78 is 5.29. The normalized spacial score (nSPS) is 11.1. The molecular weight excluding hydrogens is 244 g/mol. The van der Waals surface area contributed by atoms with Crippen LogP contribution in [0.25, 0.3) is 0 Å². The number of carboxylic acids is 1. The third kappa shape index (κ3) is 3.20. The van der Waals surface area contributed by atoms with Crippen molar-refractivity contribution in [1.29, 1.82) is 0 Å². The molecule has 0 saturated carbocycles. The molecule has 0 aliphatic rings. The number of ketones is 1. The number of hydrogen-bond acceptors (Lipinski definition) is 3. The van der Waals surface area contributed by atoms with Gasteiger partial charge in [-0.1, -0.05) is 11.6 Å². The summed E-state index contributed by atoms with van der Waals surface area (Å²) >= 11 is 5.91. The van der Waals surface area contributed by atoms with Crippen molar-refractivity contribution in [3.8, 4) is 5.75 Å². The lowest BCUT2D eigenvalue weighted by Crippen LogP contribution is -2.37. The molecule has 0 saturated heterocycles. The number of hydrogen-bond donors (Lipinski definition) is 1. The zero-order valence-electron chi connectivity index (χ0n) is 9.78. The highest BCUT2D eigenvalue weighted by Crippen LogP contribution is 2.29. The maximum Gasteiger partial charge on any atom is 0.347 e. The van der Waals surface area contributed by atoms with Crippen LogP contribution < -0.4 is 4.74 Å². The molecule has 5 heteroatoms. The average molecular weight is 257 g/mol. The molecule has 1 rings (SSSR count). The number of aliphatic carboxylic acids is 1. The van der Waals surface area contributed by atoms with E-state index < -0.39 is 11.6 Å². The first-order chi connectivity index (χ1) is 7.74. The highest BCUT2D eigenvalue weighted by molar-refractivity contribution is 6.32. The Hall–Kier alpha value is -1.55. The molecule has 0 unspecified atom stereocenters. The van der Waals surface area contributed by atoms with Gasteiger partial charge in [0.2, 0.25) is 0 Å². The lowest BCUT2D eigenvalue weighted by Gasteiger charge is -2.22. The van der Waals surface area contributed by atoms with Gasteiger partial charge in [0, 0.05) is 5.56 Å². The third-order valence-corrected chi connectivity index (χ3v) is 2.51. The largest absolute Gasteiger partial charge is 0.478 e. The summed E-state index contributed by atoms with van der Waals surface area (Å²) in [5, 5.41) is 9.13. The summed E-state index contributed by atoms with van der Waals surface area (Å²) in [6, 6.07) is 4.49. The fraction of sp³-hybridized carbons (Fsp3) is 0.333. The quantitative estimate of drug-likeness (QED) is 0.842. The number of carbonyl (C=O) groups is 2. The van der Waals surface area contributed by atoms with Crippen LogP contribution in [0.3, 0.4) is 0 Å². The van der Waals surface area contributed by atoms with Crippen LogP contribution >= 0.6 is 11.6 Å². The summed E-state index contributed by atoms with van der Waals surface area (Å²) in [7, 11) is 0. The van der Waals surface area contributed by atoms with Crippen molar-refractivity contribution in [1.82, 2.24) is 0 Å². The summed E-state index contributed by atoms with van der Waals surface area (Å²) in [5.74, 6) is -0.968. The monoisotopic (exact) mass is 256 g/mol. The molecular formula is C12H13ClO4. The maximum atomic E-state index is 11.1. The predicted octanol–water partition coefficient (Wildman–Crippen LogP) is 2.78. The van der Waals surface area contributed by atoms with E-state index in [9.17, 15) is 9.59 Å². The molecule has 0 heterocycles. The number of rotatable bonds is 4. The summed E-state index contributed by atoms with van der Waals surface area (Å²) in [4.78, 5) is 22.0. The molecule has 0 bridgehead atoms. The van der Waals surface area contributed by atoms with E-state index in [1.54, 1.807) is 6.07 Å². The highest BCUT2D eigenvalue weighted by Gasteiger charge is 2.30. The first kappa shape index (κ1) is 13.5. The summed E-state index contributed by atoms with van der Waals surface area (Å²) in [6.07, 6.45) is 0. The van der Waals surface area contributed by atoms with Crippen molar-refractivity contribution < 1.29 is 19.4 Å². The highest BCUT2D eigenvalue weighted by atomic mass is 35.5. The third-order valence-electron chi connectivity index (χ3n) is 2.22. The van der Waals surface area contributed by atoms with Crippen LogP contribution in [0.2, 0.25) is 5.02 Å². The number of ether oxygens (including phenoxy) is 1. The van der Waals surface area contributed by atoms with Gasteiger partial charge in [0.25, 0.3) is 0 Å². The fourth-order valence-corrected chi connectivity index (χ4v) is 1.34. The minimum absolute atomic E-state index is 0.115. The number of benzene rings is 1. The van der Waals surface area contributed by atoms with Crippen LogP contribution in [0, 0.1) is 0 Å². The van der Waals surface area contributed by atoms with E-state index >= 15 is 0 Å². The molecule has 0 aromatic heterocycles. The molecule has 0 fully saturated rings. The van der Waals surface area contributed by atoms with Gasteiger partial charge < -0.3 is 9.84 Å². The summed E-state index contributed by atoms with van der Waals surface area (Å²) in [5.41, 5.74) is -0.919. The second-order valence-corrected chi connectivity index (χ2v) is 4.53. The first-order valence-corrected chi connectivity index (χ1v) is 5.35. The van der Waals surface area contributed by atoms with Gasteiger partial charge in [-0.25, -0.2) is 4.79 Å². The Balaban J connectivity index is 3.02. The second kappa shape index (κ2) is 4.75. The van der Waals surface area contributed by atoms with Crippen LogP contribution in [-0.2, 0) is 4.79 Å². The second-order valence-electron chi connectivity index (χ2n) is 4.12. The van der Waals surface area contributed by atoms with Gasteiger partial charge in [0.05, 0.1) is 5.02 Å². The molecule has 0 amide bonds. The van der Waals surface area contributed by atoms with Crippen LogP contribution in [-0.4, -0.2) is 22.5 Å². The minimum Gasteiger partial charge on any atom is -0.478 e. The van der Waals surface area contributed by atoms with Crippen LogP contribution in [0.15, 0.2) is 18.2 Å². The Labute approximate surface area is 104 Å². The molecule has 0 spiro atoms. The van der Waals surface area contributed by atoms with Crippen molar-refractivity contribution in [2.75, 3.05) is 0 Å². The number of carboxylic acid groups (broad SMARTS) is 1. The molecule has 1 aromatic rings. The van der Waals surface area contributed by atoms with E-state index in [1.807, 2.05) is 0 Å². The maximum absolute atomic E-state index is 11.1. The molecule has 0 aliphatic heterocycles. The van der Waals surface area contributed by atoms with Gasteiger partial charge in [-0.2, -0.15) is 0 Å². The van der Waals surface area contributed by atoms with E-state index in [0.29, 0.717) is 5.56 Å². The topological polar surface area (TPSA) is 63.6 Å². The zero-order valence-corrected chi connectivity index (χ0v) is 10.5. The van der Waals surface area contributed by atoms with Crippen molar-refractivity contribution in [2.24, 2.45) is 0 Å². The molecule has 92 valence electrons. The lowest BCUT2D eigenvalue weighted by molar-refractivity contribution is -0.152. The van der Waals surface area contributed by atoms with Gasteiger partial charge in [0.15, 0.2) is 11.4 Å². The Morgan fingerprint density at radius 3 is 2.35 bits per heavy atom. The van der Waals surface area contributed by atoms with Crippen LogP contribution in [0.5, 0.6) is 5.75 Å². The number of Topliss-reactive ketones (excluding diaryl/α,β-unsaturated/α-hetero) is 1. The standard InChI is InChI=1S/C12H13ClO4/c1-7(14)8-4-5-10(9(13)6-8)17-12(2,3)11(15)16/h4-6H,1-3H3,(H,15,16). The minimum atomic E-state index is -1.37. The smallest absolute Gasteiger partial charge is 0.347 e. The average Bonchev–Trinajstić information content (AvgIpc) is 2.20. The molecule has 0 aliphatic carbocycles. The summed E-state index contributed by atoms with van der Waals surface area (Å²) in [6.45, 7) is 4.27. The Bertz CT molecular complexity index is 466.